The van der Waals surface area contributed by atoms with Crippen molar-refractivity contribution >= 4 is 0 Å². The second-order valence-electron chi connectivity index (χ2n) is 4.09. The van der Waals surface area contributed by atoms with Gasteiger partial charge in [0, 0.05) is 25.8 Å². The van der Waals surface area contributed by atoms with Crippen LogP contribution in [0, 0.1) is 0 Å². The van der Waals surface area contributed by atoms with Gasteiger partial charge in [-0.05, 0) is 26.3 Å². The molecule has 0 aliphatic rings. The molecule has 0 fully saturated rings. The SMILES string of the molecule is CCn1nccc1CNCC(C)(O)CC. The molecule has 1 aromatic rings. The van der Waals surface area contributed by atoms with Crippen molar-refractivity contribution < 1.29 is 5.11 Å². The number of hydrogen-bond acceptors (Lipinski definition) is 3. The fourth-order valence-electron chi connectivity index (χ4n) is 1.38. The lowest BCUT2D eigenvalue weighted by Crippen LogP contribution is -2.37. The van der Waals surface area contributed by atoms with Crippen LogP contribution >= 0.6 is 0 Å². The minimum absolute atomic E-state index is 0.610. The van der Waals surface area contributed by atoms with E-state index in [0.717, 1.165) is 25.2 Å². The second-order valence-corrected chi connectivity index (χ2v) is 4.09. The molecule has 4 nitrogen and oxygen atoms in total. The molecule has 0 bridgehead atoms. The zero-order valence-corrected chi connectivity index (χ0v) is 9.82. The topological polar surface area (TPSA) is 50.1 Å². The molecule has 1 rings (SSSR count). The van der Waals surface area contributed by atoms with Gasteiger partial charge in [0.05, 0.1) is 11.3 Å². The molecule has 0 aromatic carbocycles. The monoisotopic (exact) mass is 211 g/mol. The van der Waals surface area contributed by atoms with E-state index in [2.05, 4.69) is 17.3 Å². The van der Waals surface area contributed by atoms with Crippen LogP contribution in [0.4, 0.5) is 0 Å². The first-order valence-electron chi connectivity index (χ1n) is 5.53. The van der Waals surface area contributed by atoms with Gasteiger partial charge in [-0.15, -0.1) is 0 Å². The molecule has 15 heavy (non-hydrogen) atoms. The standard InChI is InChI=1S/C11H21N3O/c1-4-11(3,15)9-12-8-10-6-7-13-14(10)5-2/h6-7,12,15H,4-5,8-9H2,1-3H3. The summed E-state index contributed by atoms with van der Waals surface area (Å²) in [4.78, 5) is 0. The summed E-state index contributed by atoms with van der Waals surface area (Å²) in [5.74, 6) is 0. The smallest absolute Gasteiger partial charge is 0.0741 e. The van der Waals surface area contributed by atoms with Gasteiger partial charge >= 0.3 is 0 Å². The van der Waals surface area contributed by atoms with E-state index < -0.39 is 5.60 Å². The summed E-state index contributed by atoms with van der Waals surface area (Å²) in [6, 6.07) is 2.00. The van der Waals surface area contributed by atoms with Crippen molar-refractivity contribution in [2.75, 3.05) is 6.54 Å². The lowest BCUT2D eigenvalue weighted by Gasteiger charge is -2.21. The van der Waals surface area contributed by atoms with Gasteiger partial charge in [0.25, 0.3) is 0 Å². The highest BCUT2D eigenvalue weighted by atomic mass is 16.3. The molecular formula is C11H21N3O. The van der Waals surface area contributed by atoms with Crippen LogP contribution in [0.3, 0.4) is 0 Å². The normalized spacial score (nSPS) is 15.2. The Hall–Kier alpha value is -0.870. The Bertz CT molecular complexity index is 294. The highest BCUT2D eigenvalue weighted by molar-refractivity contribution is 5.00. The van der Waals surface area contributed by atoms with E-state index in [1.54, 1.807) is 6.20 Å². The van der Waals surface area contributed by atoms with E-state index >= 15 is 0 Å². The fourth-order valence-corrected chi connectivity index (χ4v) is 1.38. The van der Waals surface area contributed by atoms with Gasteiger partial charge in [0.15, 0.2) is 0 Å². The van der Waals surface area contributed by atoms with E-state index in [1.165, 1.54) is 0 Å². The van der Waals surface area contributed by atoms with Gasteiger partial charge in [0.2, 0.25) is 0 Å². The Kier molecular flexibility index (Phi) is 4.29. The van der Waals surface area contributed by atoms with E-state index in [-0.39, 0.29) is 0 Å². The van der Waals surface area contributed by atoms with Gasteiger partial charge in [-0.3, -0.25) is 4.68 Å². The zero-order chi connectivity index (χ0) is 11.3. The van der Waals surface area contributed by atoms with E-state index in [9.17, 15) is 5.11 Å². The maximum atomic E-state index is 9.79. The predicted octanol–water partition coefficient (Wildman–Crippen LogP) is 1.15. The van der Waals surface area contributed by atoms with Crippen molar-refractivity contribution in [1.29, 1.82) is 0 Å². The van der Waals surface area contributed by atoms with Crippen LogP contribution < -0.4 is 5.32 Å². The highest BCUT2D eigenvalue weighted by Gasteiger charge is 2.16. The summed E-state index contributed by atoms with van der Waals surface area (Å²) in [7, 11) is 0. The molecule has 1 unspecified atom stereocenters. The fraction of sp³-hybridized carbons (Fsp3) is 0.727. The van der Waals surface area contributed by atoms with Crippen molar-refractivity contribution in [3.05, 3.63) is 18.0 Å². The Morgan fingerprint density at radius 3 is 2.87 bits per heavy atom. The van der Waals surface area contributed by atoms with E-state index in [0.29, 0.717) is 6.54 Å². The van der Waals surface area contributed by atoms with Gasteiger partial charge in [-0.1, -0.05) is 6.92 Å². The van der Waals surface area contributed by atoms with Crippen LogP contribution in [0.25, 0.3) is 0 Å². The molecule has 0 amide bonds. The summed E-state index contributed by atoms with van der Waals surface area (Å²) >= 11 is 0. The molecule has 1 heterocycles. The number of hydrogen-bond donors (Lipinski definition) is 2. The Labute approximate surface area is 91.3 Å². The molecule has 2 N–H and O–H groups in total. The Morgan fingerprint density at radius 2 is 2.27 bits per heavy atom. The number of aliphatic hydroxyl groups is 1. The number of aryl methyl sites for hydroxylation is 1. The molecule has 0 radical (unpaired) electrons. The highest BCUT2D eigenvalue weighted by Crippen LogP contribution is 2.06. The van der Waals surface area contributed by atoms with Gasteiger partial charge < -0.3 is 10.4 Å². The predicted molar refractivity (Wildman–Crippen MR) is 60.5 cm³/mol. The molecule has 86 valence electrons. The number of aromatic nitrogens is 2. The summed E-state index contributed by atoms with van der Waals surface area (Å²) < 4.78 is 1.95. The first-order valence-corrected chi connectivity index (χ1v) is 5.53. The summed E-state index contributed by atoms with van der Waals surface area (Å²) in [5.41, 5.74) is 0.543. The maximum Gasteiger partial charge on any atom is 0.0741 e. The largest absolute Gasteiger partial charge is 0.389 e. The molecule has 4 heteroatoms. The first kappa shape index (κ1) is 12.2. The summed E-state index contributed by atoms with van der Waals surface area (Å²) in [6.07, 6.45) is 2.56. The number of nitrogens with zero attached hydrogens (tertiary/aromatic N) is 2. The lowest BCUT2D eigenvalue weighted by molar-refractivity contribution is 0.0554. The molecule has 1 atom stereocenters. The third kappa shape index (κ3) is 3.64. The van der Waals surface area contributed by atoms with E-state index in [1.807, 2.05) is 24.6 Å². The van der Waals surface area contributed by atoms with Gasteiger partial charge in [0.1, 0.15) is 0 Å². The molecule has 0 aliphatic carbocycles. The van der Waals surface area contributed by atoms with Gasteiger partial charge in [-0.2, -0.15) is 5.10 Å². The summed E-state index contributed by atoms with van der Waals surface area (Å²) in [5, 5.41) is 17.2. The van der Waals surface area contributed by atoms with Crippen molar-refractivity contribution in [2.24, 2.45) is 0 Å². The Balaban J connectivity index is 2.38. The van der Waals surface area contributed by atoms with Crippen LogP contribution in [-0.4, -0.2) is 27.0 Å². The van der Waals surface area contributed by atoms with Crippen LogP contribution in [0.1, 0.15) is 32.9 Å². The summed E-state index contributed by atoms with van der Waals surface area (Å²) in [6.45, 7) is 8.14. The third-order valence-electron chi connectivity index (χ3n) is 2.68. The van der Waals surface area contributed by atoms with Crippen LogP contribution in [0.2, 0.25) is 0 Å². The van der Waals surface area contributed by atoms with Gasteiger partial charge in [-0.25, -0.2) is 0 Å². The quantitative estimate of drug-likeness (QED) is 0.742. The first-order chi connectivity index (χ1) is 7.09. The van der Waals surface area contributed by atoms with Crippen LogP contribution in [0.15, 0.2) is 12.3 Å². The average Bonchev–Trinajstić information content (AvgIpc) is 2.65. The molecule has 0 aliphatic heterocycles. The van der Waals surface area contributed by atoms with E-state index in [4.69, 9.17) is 0 Å². The second kappa shape index (κ2) is 5.28. The molecule has 0 saturated heterocycles. The van der Waals surface area contributed by atoms with Crippen molar-refractivity contribution in [3.8, 4) is 0 Å². The zero-order valence-electron chi connectivity index (χ0n) is 9.82. The van der Waals surface area contributed by atoms with Crippen molar-refractivity contribution in [3.63, 3.8) is 0 Å². The van der Waals surface area contributed by atoms with Crippen LogP contribution in [-0.2, 0) is 13.1 Å². The molecule has 0 saturated carbocycles. The molecule has 1 aromatic heterocycles. The third-order valence-corrected chi connectivity index (χ3v) is 2.68. The van der Waals surface area contributed by atoms with Crippen LogP contribution in [0.5, 0.6) is 0 Å². The molecule has 0 spiro atoms. The Morgan fingerprint density at radius 1 is 1.53 bits per heavy atom. The van der Waals surface area contributed by atoms with Crippen molar-refractivity contribution in [2.45, 2.75) is 45.9 Å². The molecular weight excluding hydrogens is 190 g/mol. The maximum absolute atomic E-state index is 9.79. The minimum Gasteiger partial charge on any atom is -0.389 e. The number of nitrogens with one attached hydrogen (secondary N) is 1. The lowest BCUT2D eigenvalue weighted by atomic mass is 10.0. The van der Waals surface area contributed by atoms with Crippen molar-refractivity contribution in [1.82, 2.24) is 15.1 Å². The number of rotatable bonds is 6. The minimum atomic E-state index is -0.614. The average molecular weight is 211 g/mol.